The molecule has 45 heavy (non-hydrogen) atoms. The fraction of sp³-hybridized carbons (Fsp3) is 0.265. The standard InChI is InChI=1S/C34H31F3N4O4/c1-33(44-2)20-40(21-33)18-23-10-8-22(9-11-23)13-15-29-26-14-12-24(17-30(26)39-38-29)16-27-28(25-6-4-3-5-7-25)19-41(31(27)42)45-32(43)34(35,36)37/h3-17,28H,18-21H2,1-2H3,(H,38,39)/b15-13+,27-16+. The number of carbonyl (C=O) groups is 2. The van der Waals surface area contributed by atoms with Crippen LogP contribution in [0.25, 0.3) is 29.1 Å². The Morgan fingerprint density at radius 2 is 1.76 bits per heavy atom. The minimum absolute atomic E-state index is 0.0530. The van der Waals surface area contributed by atoms with Crippen molar-refractivity contribution in [1.82, 2.24) is 20.2 Å². The van der Waals surface area contributed by atoms with Gasteiger partial charge in [-0.1, -0.05) is 66.7 Å². The number of alkyl halides is 3. The first-order valence-electron chi connectivity index (χ1n) is 14.4. The number of halogens is 3. The van der Waals surface area contributed by atoms with Crippen molar-refractivity contribution in [2.45, 2.75) is 31.2 Å². The van der Waals surface area contributed by atoms with Crippen molar-refractivity contribution in [3.8, 4) is 0 Å². The largest absolute Gasteiger partial charge is 0.493 e. The highest BCUT2D eigenvalue weighted by atomic mass is 19.4. The van der Waals surface area contributed by atoms with Gasteiger partial charge < -0.3 is 9.57 Å². The van der Waals surface area contributed by atoms with Gasteiger partial charge in [-0.3, -0.25) is 14.8 Å². The molecule has 6 rings (SSSR count). The number of aromatic amines is 1. The van der Waals surface area contributed by atoms with Gasteiger partial charge in [0.25, 0.3) is 5.91 Å². The van der Waals surface area contributed by atoms with Gasteiger partial charge in [0.2, 0.25) is 0 Å². The van der Waals surface area contributed by atoms with Crippen LogP contribution in [0.2, 0.25) is 0 Å². The average molecular weight is 617 g/mol. The maximum Gasteiger partial charge on any atom is 0.493 e. The van der Waals surface area contributed by atoms with Gasteiger partial charge in [0.1, 0.15) is 0 Å². The number of nitrogens with one attached hydrogen (secondary N) is 1. The first-order chi connectivity index (χ1) is 21.5. The molecule has 232 valence electrons. The maximum absolute atomic E-state index is 13.2. The molecule has 1 N–H and O–H groups in total. The zero-order valence-electron chi connectivity index (χ0n) is 24.7. The lowest BCUT2D eigenvalue weighted by Gasteiger charge is -2.47. The van der Waals surface area contributed by atoms with E-state index in [1.165, 1.54) is 5.56 Å². The molecule has 0 saturated carbocycles. The number of fused-ring (bicyclic) bond motifs is 1. The third kappa shape index (κ3) is 6.54. The number of rotatable bonds is 8. The Labute approximate surface area is 257 Å². The number of hydroxylamine groups is 2. The summed E-state index contributed by atoms with van der Waals surface area (Å²) < 4.78 is 44.1. The average Bonchev–Trinajstić information content (AvgIpc) is 3.55. The number of hydrogen-bond donors (Lipinski definition) is 1. The predicted octanol–water partition coefficient (Wildman–Crippen LogP) is 5.98. The van der Waals surface area contributed by atoms with Gasteiger partial charge in [-0.25, -0.2) is 4.79 Å². The molecule has 1 amide bonds. The zero-order chi connectivity index (χ0) is 31.8. The number of hydrogen-bond acceptors (Lipinski definition) is 6. The molecule has 4 aromatic rings. The van der Waals surface area contributed by atoms with Crippen LogP contribution in [0.3, 0.4) is 0 Å². The minimum atomic E-state index is -5.22. The van der Waals surface area contributed by atoms with E-state index in [-0.39, 0.29) is 17.7 Å². The van der Waals surface area contributed by atoms with Crippen LogP contribution in [0.5, 0.6) is 0 Å². The molecule has 2 fully saturated rings. The Kier molecular flexibility index (Phi) is 8.07. The highest BCUT2D eigenvalue weighted by molar-refractivity contribution is 6.02. The molecule has 3 heterocycles. The molecule has 0 aliphatic carbocycles. The highest BCUT2D eigenvalue weighted by Crippen LogP contribution is 2.36. The summed E-state index contributed by atoms with van der Waals surface area (Å²) >= 11 is 0. The highest BCUT2D eigenvalue weighted by Gasteiger charge is 2.46. The SMILES string of the molecule is COC1(C)CN(Cc2ccc(/C=C/c3n[nH]c4cc(/C=C5/C(=O)N(OC(=O)C(F)(F)F)CC5c5ccccc5)ccc34)cc2)C1. The first-order valence-corrected chi connectivity index (χ1v) is 14.4. The number of amides is 1. The second-order valence-electron chi connectivity index (χ2n) is 11.6. The summed E-state index contributed by atoms with van der Waals surface area (Å²) in [5.74, 6) is -3.85. The summed E-state index contributed by atoms with van der Waals surface area (Å²) in [6, 6.07) is 22.7. The number of H-pyrrole nitrogens is 1. The Hall–Kier alpha value is -4.74. The molecule has 11 heteroatoms. The second-order valence-corrected chi connectivity index (χ2v) is 11.6. The fourth-order valence-electron chi connectivity index (χ4n) is 5.77. The van der Waals surface area contributed by atoms with Gasteiger partial charge in [0.15, 0.2) is 0 Å². The molecule has 0 radical (unpaired) electrons. The summed E-state index contributed by atoms with van der Waals surface area (Å²) in [6.07, 6.45) is 0.288. The Morgan fingerprint density at radius 1 is 1.04 bits per heavy atom. The van der Waals surface area contributed by atoms with E-state index < -0.39 is 24.0 Å². The van der Waals surface area contributed by atoms with E-state index in [9.17, 15) is 22.8 Å². The van der Waals surface area contributed by atoms with Gasteiger partial charge in [0.05, 0.1) is 23.4 Å². The lowest BCUT2D eigenvalue weighted by molar-refractivity contribution is -0.233. The first kappa shape index (κ1) is 30.3. The number of likely N-dealkylation sites (tertiary alicyclic amines) is 1. The van der Waals surface area contributed by atoms with Crippen molar-refractivity contribution in [1.29, 1.82) is 0 Å². The van der Waals surface area contributed by atoms with E-state index in [2.05, 4.69) is 51.1 Å². The van der Waals surface area contributed by atoms with Crippen LogP contribution < -0.4 is 0 Å². The van der Waals surface area contributed by atoms with Crippen molar-refractivity contribution >= 4 is 41.0 Å². The molecule has 2 aliphatic heterocycles. The van der Waals surface area contributed by atoms with Crippen molar-refractivity contribution in [2.75, 3.05) is 26.7 Å². The summed E-state index contributed by atoms with van der Waals surface area (Å²) in [5, 5.41) is 8.79. The Morgan fingerprint density at radius 3 is 2.44 bits per heavy atom. The summed E-state index contributed by atoms with van der Waals surface area (Å²) in [6.45, 7) is 4.58. The van der Waals surface area contributed by atoms with Gasteiger partial charge in [-0.05, 0) is 53.5 Å². The van der Waals surface area contributed by atoms with Gasteiger partial charge in [-0.2, -0.15) is 23.3 Å². The van der Waals surface area contributed by atoms with E-state index in [1.54, 1.807) is 49.6 Å². The smallest absolute Gasteiger partial charge is 0.376 e. The van der Waals surface area contributed by atoms with Crippen LogP contribution in [0.1, 0.15) is 40.8 Å². The van der Waals surface area contributed by atoms with Crippen LogP contribution >= 0.6 is 0 Å². The normalized spacial score (nSPS) is 19.5. The quantitative estimate of drug-likeness (QED) is 0.245. The molecule has 1 aromatic heterocycles. The third-order valence-corrected chi connectivity index (χ3v) is 8.19. The molecule has 0 spiro atoms. The number of nitrogens with zero attached hydrogens (tertiary/aromatic N) is 3. The van der Waals surface area contributed by atoms with Gasteiger partial charge >= 0.3 is 12.1 Å². The maximum atomic E-state index is 13.2. The summed E-state index contributed by atoms with van der Waals surface area (Å²) in [4.78, 5) is 31.4. The summed E-state index contributed by atoms with van der Waals surface area (Å²) in [5.41, 5.74) is 5.22. The molecular formula is C34H31F3N4O4. The minimum Gasteiger partial charge on any atom is -0.376 e. The number of benzene rings is 3. The summed E-state index contributed by atoms with van der Waals surface area (Å²) in [7, 11) is 1.75. The van der Waals surface area contributed by atoms with E-state index >= 15 is 0 Å². The van der Waals surface area contributed by atoms with Crippen LogP contribution in [-0.4, -0.2) is 70.6 Å². The molecule has 2 aliphatic rings. The number of ether oxygens (including phenoxy) is 1. The molecule has 1 unspecified atom stereocenters. The molecule has 2 saturated heterocycles. The predicted molar refractivity (Wildman–Crippen MR) is 163 cm³/mol. The number of carbonyl (C=O) groups excluding carboxylic acids is 2. The molecule has 1 atom stereocenters. The van der Waals surface area contributed by atoms with E-state index in [0.29, 0.717) is 16.2 Å². The Bertz CT molecular complexity index is 1770. The van der Waals surface area contributed by atoms with Crippen LogP contribution in [0, 0.1) is 0 Å². The third-order valence-electron chi connectivity index (χ3n) is 8.19. The molecule has 3 aromatic carbocycles. The molecule has 8 nitrogen and oxygen atoms in total. The fourth-order valence-corrected chi connectivity index (χ4v) is 5.77. The van der Waals surface area contributed by atoms with E-state index in [0.717, 1.165) is 41.8 Å². The van der Waals surface area contributed by atoms with Crippen molar-refractivity contribution in [3.05, 3.63) is 106 Å². The molecule has 0 bridgehead atoms. The number of methoxy groups -OCH3 is 1. The second kappa shape index (κ2) is 12.0. The monoisotopic (exact) mass is 616 g/mol. The van der Waals surface area contributed by atoms with E-state index in [1.807, 2.05) is 24.3 Å². The van der Waals surface area contributed by atoms with Crippen LogP contribution in [-0.2, 0) is 25.7 Å². The topological polar surface area (TPSA) is 87.8 Å². The van der Waals surface area contributed by atoms with Crippen LogP contribution in [0.15, 0.2) is 78.4 Å². The van der Waals surface area contributed by atoms with Gasteiger partial charge in [0, 0.05) is 43.6 Å². The zero-order valence-corrected chi connectivity index (χ0v) is 24.7. The van der Waals surface area contributed by atoms with Crippen molar-refractivity contribution < 1.29 is 32.3 Å². The lowest BCUT2D eigenvalue weighted by Crippen LogP contribution is -2.60. The van der Waals surface area contributed by atoms with Crippen molar-refractivity contribution in [2.24, 2.45) is 0 Å². The van der Waals surface area contributed by atoms with Crippen molar-refractivity contribution in [3.63, 3.8) is 0 Å². The van der Waals surface area contributed by atoms with E-state index in [4.69, 9.17) is 4.74 Å². The Balaban J connectivity index is 1.18. The number of aromatic nitrogens is 2. The molecular weight excluding hydrogens is 585 g/mol. The lowest BCUT2D eigenvalue weighted by atomic mass is 9.92. The van der Waals surface area contributed by atoms with Gasteiger partial charge in [-0.15, -0.1) is 0 Å². The van der Waals surface area contributed by atoms with Crippen LogP contribution in [0.4, 0.5) is 13.2 Å².